The van der Waals surface area contributed by atoms with Crippen LogP contribution in [-0.2, 0) is 41.5 Å². The van der Waals surface area contributed by atoms with Gasteiger partial charge < -0.3 is 74.2 Å². The summed E-state index contributed by atoms with van der Waals surface area (Å²) in [5.74, 6) is -11.5. The van der Waals surface area contributed by atoms with E-state index in [9.17, 15) is 86.3 Å². The Morgan fingerprint density at radius 2 is 0.879 bits per heavy atom. The van der Waals surface area contributed by atoms with Crippen molar-refractivity contribution >= 4 is 23.5 Å². The summed E-state index contributed by atoms with van der Waals surface area (Å²) in [6.45, 7) is -9.46. The first-order valence-corrected chi connectivity index (χ1v) is 21.3. The lowest BCUT2D eigenvalue weighted by atomic mass is 10.1. The number of aliphatic hydroxyl groups is 6. The number of rotatable bonds is 12. The highest BCUT2D eigenvalue weighted by Crippen LogP contribution is 2.45. The van der Waals surface area contributed by atoms with Gasteiger partial charge in [-0.3, -0.25) is 56.6 Å². The number of aliphatic hydroxyl groups excluding tert-OH is 6. The number of nitrogens with zero attached hydrogens (tertiary/aromatic N) is 3. The molecule has 3 fully saturated rings. The number of ether oxygens (including phenoxy) is 3. The molecule has 3 aromatic heterocycles. The maximum atomic E-state index is 14.9. The van der Waals surface area contributed by atoms with Crippen LogP contribution in [0.1, 0.15) is 26.9 Å². The number of aromatic nitrogens is 6. The van der Waals surface area contributed by atoms with Gasteiger partial charge in [0.1, 0.15) is 56.3 Å². The van der Waals surface area contributed by atoms with Gasteiger partial charge in [-0.05, 0) is 0 Å². The molecule has 0 unspecified atom stereocenters. The lowest BCUT2D eigenvalue weighted by molar-refractivity contribution is -0.205. The second kappa shape index (κ2) is 20.2. The lowest BCUT2D eigenvalue weighted by Crippen LogP contribution is -2.43. The van der Waals surface area contributed by atoms with Crippen molar-refractivity contribution in [3.8, 4) is 0 Å². The van der Waals surface area contributed by atoms with Crippen LogP contribution >= 0.6 is 23.5 Å². The summed E-state index contributed by atoms with van der Waals surface area (Å²) in [5.41, 5.74) is -6.34. The third-order valence-corrected chi connectivity index (χ3v) is 9.15. The van der Waals surface area contributed by atoms with Crippen molar-refractivity contribution in [2.45, 2.75) is 72.8 Å². The SMILES string of the molecule is [2H]C([2H])(OP(=O)(O)O)[C@@]1(F)O[C@@H](n2ccc(=O)[nH]c2=O)[C@H](O)[C@@H]1O.[2H]C([2H])(OP(=O)(O)O)[C@@]1(F)O[C@@]([2H])(n2ccc(=O)[nH]c2=O)[C@H](O)[C@@H]1O.[2H][C@@]1(n2ccc(=O)[nH]c2=O)O[C@](F)(COP(=O)(O)O)[C@@H](O)[C@H]1O. The second-order valence-electron chi connectivity index (χ2n) is 12.8. The molecule has 66 heavy (non-hydrogen) atoms. The summed E-state index contributed by atoms with van der Waals surface area (Å²) >= 11 is 0. The van der Waals surface area contributed by atoms with Crippen molar-refractivity contribution in [2.75, 3.05) is 19.7 Å². The Morgan fingerprint density at radius 3 is 1.24 bits per heavy atom. The molecule has 0 spiro atoms. The molecule has 39 heteroatoms. The molecule has 3 aliphatic rings. The summed E-state index contributed by atoms with van der Waals surface area (Å²) < 4.78 is 147. The average molecular weight is 1030 g/mol. The highest BCUT2D eigenvalue weighted by molar-refractivity contribution is 7.46. The quantitative estimate of drug-likeness (QED) is 0.0750. The lowest BCUT2D eigenvalue weighted by Gasteiger charge is -2.22. The third kappa shape index (κ3) is 13.3. The molecule has 0 aliphatic carbocycles. The van der Waals surface area contributed by atoms with Gasteiger partial charge in [0.15, 0.2) is 18.6 Å². The molecule has 12 atom stereocenters. The maximum Gasteiger partial charge on any atom is 0.469 e. The fourth-order valence-electron chi connectivity index (χ4n) is 5.08. The predicted molar refractivity (Wildman–Crippen MR) is 196 cm³/mol. The van der Waals surface area contributed by atoms with E-state index >= 15 is 0 Å². The van der Waals surface area contributed by atoms with Crippen molar-refractivity contribution in [1.82, 2.24) is 28.7 Å². The fraction of sp³-hybridized carbons (Fsp3) is 0.556. The molecular weight excluding hydrogens is 990 g/mol. The monoisotopic (exact) mass is 1030 g/mol. The van der Waals surface area contributed by atoms with Crippen LogP contribution in [0.15, 0.2) is 65.6 Å². The van der Waals surface area contributed by atoms with Gasteiger partial charge in [0.25, 0.3) is 34.2 Å². The van der Waals surface area contributed by atoms with Crippen LogP contribution in [-0.4, -0.2) is 163 Å². The molecule has 6 rings (SSSR count). The normalized spacial score (nSPS) is 36.3. The zero-order valence-electron chi connectivity index (χ0n) is 37.5. The van der Waals surface area contributed by atoms with Crippen molar-refractivity contribution in [1.29, 1.82) is 0 Å². The summed E-state index contributed by atoms with van der Waals surface area (Å²) in [6, 6.07) is 2.28. The Kier molecular flexibility index (Phi) is 13.9. The Morgan fingerprint density at radius 1 is 0.561 bits per heavy atom. The van der Waals surface area contributed by atoms with E-state index in [1.54, 1.807) is 15.0 Å². The molecule has 372 valence electrons. The van der Waals surface area contributed by atoms with E-state index in [0.29, 0.717) is 21.4 Å². The van der Waals surface area contributed by atoms with Crippen LogP contribution in [0.5, 0.6) is 0 Å². The van der Waals surface area contributed by atoms with Gasteiger partial charge in [-0.25, -0.2) is 41.3 Å². The van der Waals surface area contributed by atoms with Crippen molar-refractivity contribution in [2.24, 2.45) is 0 Å². The highest BCUT2D eigenvalue weighted by Gasteiger charge is 2.59. The van der Waals surface area contributed by atoms with Crippen LogP contribution in [0.25, 0.3) is 0 Å². The number of aromatic amines is 3. The maximum absolute atomic E-state index is 14.9. The zero-order chi connectivity index (χ0) is 55.6. The number of nitrogens with one attached hydrogen (secondary N) is 3. The molecule has 0 bridgehead atoms. The molecule has 3 saturated heterocycles. The Labute approximate surface area is 367 Å². The van der Waals surface area contributed by atoms with Gasteiger partial charge in [0, 0.05) is 36.8 Å². The van der Waals surface area contributed by atoms with E-state index in [-0.39, 0.29) is 4.57 Å². The first-order valence-electron chi connectivity index (χ1n) is 19.7. The minimum Gasteiger partial charge on any atom is -0.385 e. The summed E-state index contributed by atoms with van der Waals surface area (Å²) in [5, 5.41) is 58.7. The number of alkyl halides is 3. The molecule has 3 aromatic rings. The predicted octanol–water partition coefficient (Wildman–Crippen LogP) is -7.31. The molecule has 33 nitrogen and oxygen atoms in total. The number of halogens is 3. The van der Waals surface area contributed by atoms with Gasteiger partial charge in [-0.15, -0.1) is 0 Å². The van der Waals surface area contributed by atoms with E-state index in [4.69, 9.17) is 37.6 Å². The molecule has 3 aliphatic heterocycles. The minimum absolute atomic E-state index is 0.136. The van der Waals surface area contributed by atoms with Gasteiger partial charge in [-0.2, -0.15) is 0 Å². The van der Waals surface area contributed by atoms with Crippen LogP contribution in [0.2, 0.25) is 0 Å². The van der Waals surface area contributed by atoms with Crippen LogP contribution in [0, 0.1) is 0 Å². The number of hydrogen-bond acceptors (Lipinski definition) is 21. The van der Waals surface area contributed by atoms with Gasteiger partial charge in [0.05, 0.1) is 8.22 Å². The first kappa shape index (κ1) is 45.6. The average Bonchev–Trinajstić information content (AvgIpc) is 3.63. The number of H-pyrrole nitrogens is 3. The molecular formula is C27H36F3N6O27P3. The summed E-state index contributed by atoms with van der Waals surface area (Å²) in [7, 11) is -16.3. The second-order valence-corrected chi connectivity index (χ2v) is 16.4. The van der Waals surface area contributed by atoms with Crippen LogP contribution in [0.3, 0.4) is 0 Å². The first-order chi connectivity index (χ1) is 32.3. The minimum atomic E-state index is -5.62. The number of hydrogen-bond donors (Lipinski definition) is 15. The highest BCUT2D eigenvalue weighted by atomic mass is 31.2. The Balaban J connectivity index is 0.000000235. The Bertz CT molecular complexity index is 3030. The van der Waals surface area contributed by atoms with Crippen molar-refractivity contribution < 1.29 is 123 Å². The molecule has 0 radical (unpaired) electrons. The van der Waals surface area contributed by atoms with Crippen LogP contribution in [0.4, 0.5) is 13.2 Å². The van der Waals surface area contributed by atoms with Gasteiger partial charge in [0.2, 0.25) is 0 Å². The van der Waals surface area contributed by atoms with Crippen LogP contribution < -0.4 is 33.7 Å². The van der Waals surface area contributed by atoms with E-state index in [1.807, 2.05) is 0 Å². The van der Waals surface area contributed by atoms with Crippen molar-refractivity contribution in [3.63, 3.8) is 0 Å². The van der Waals surface area contributed by atoms with E-state index in [1.165, 1.54) is 0 Å². The Hall–Kier alpha value is -4.20. The van der Waals surface area contributed by atoms with E-state index in [0.717, 1.165) is 24.5 Å². The van der Waals surface area contributed by atoms with Gasteiger partial charge >= 0.3 is 40.5 Å². The smallest absolute Gasteiger partial charge is 0.385 e. The molecule has 6 heterocycles. The molecule has 0 amide bonds. The molecule has 15 N–H and O–H groups in total. The third-order valence-electron chi connectivity index (χ3n) is 8.03. The largest absolute Gasteiger partial charge is 0.469 e. The molecule has 0 saturated carbocycles. The summed E-state index contributed by atoms with van der Waals surface area (Å²) in [4.78, 5) is 125. The van der Waals surface area contributed by atoms with Gasteiger partial charge in [-0.1, -0.05) is 0 Å². The van der Waals surface area contributed by atoms with E-state index < -0.39 is 150 Å². The number of phosphoric acid groups is 3. The topological polar surface area (TPSA) is 514 Å². The molecule has 0 aromatic carbocycles. The fourth-order valence-corrected chi connectivity index (χ4v) is 5.91. The zero-order valence-corrected chi connectivity index (χ0v) is 34.2. The standard InChI is InChI=1S/3C9H12FN2O9P/c3*10-9(3-20-22(17,18)19)6(15)5(14)7(21-9)12-2-1-4(13)11-8(12)16/h3*1-2,5-7,14-15H,3H2,(H,11,13,16)(H2,17,18,19)/t3*5-,6+,7-,9-/m111/s1/i3D2,7D;7D;3D2. The summed E-state index contributed by atoms with van der Waals surface area (Å²) in [6.07, 6.45) is -21.2. The number of phosphoric ester groups is 3. The van der Waals surface area contributed by atoms with Crippen molar-refractivity contribution in [3.05, 3.63) is 99.3 Å². The van der Waals surface area contributed by atoms with E-state index in [2.05, 4.69) is 27.8 Å².